The van der Waals surface area contributed by atoms with Crippen LogP contribution in [0.4, 0.5) is 5.69 Å². The fourth-order valence-corrected chi connectivity index (χ4v) is 4.90. The molecule has 1 aromatic heterocycles. The standard InChI is InChI=1S/C18H19N3O4S/c1-18(2)12-26(24,25)21(17(18)23)15-7-5-14(6-8-15)16(22)20-11-13-4-3-9-19-10-13/h3-10H,11-12H2,1-2H3,(H,20,22). The lowest BCUT2D eigenvalue weighted by atomic mass is 9.95. The van der Waals surface area contributed by atoms with Gasteiger partial charge >= 0.3 is 0 Å². The second kappa shape index (κ2) is 6.53. The normalized spacial score (nSPS) is 17.9. The molecule has 1 N–H and O–H groups in total. The molecule has 0 atom stereocenters. The molecule has 2 aromatic rings. The summed E-state index contributed by atoms with van der Waals surface area (Å²) in [4.78, 5) is 28.6. The van der Waals surface area contributed by atoms with E-state index in [4.69, 9.17) is 0 Å². The molecule has 0 aliphatic carbocycles. The van der Waals surface area contributed by atoms with Crippen molar-refractivity contribution in [1.29, 1.82) is 0 Å². The lowest BCUT2D eigenvalue weighted by Gasteiger charge is -2.17. The number of pyridine rings is 1. The molecule has 0 unspecified atom stereocenters. The van der Waals surface area contributed by atoms with Gasteiger partial charge in [-0.1, -0.05) is 6.07 Å². The van der Waals surface area contributed by atoms with Gasteiger partial charge in [0.2, 0.25) is 15.9 Å². The summed E-state index contributed by atoms with van der Waals surface area (Å²) in [7, 11) is -3.70. The summed E-state index contributed by atoms with van der Waals surface area (Å²) >= 11 is 0. The van der Waals surface area contributed by atoms with Gasteiger partial charge in [-0.05, 0) is 49.7 Å². The highest BCUT2D eigenvalue weighted by atomic mass is 32.2. The Balaban J connectivity index is 1.74. The van der Waals surface area contributed by atoms with Crippen LogP contribution in [0, 0.1) is 5.41 Å². The number of aromatic nitrogens is 1. The van der Waals surface area contributed by atoms with Gasteiger partial charge in [-0.2, -0.15) is 0 Å². The number of carbonyl (C=O) groups excluding carboxylic acids is 2. The van der Waals surface area contributed by atoms with E-state index >= 15 is 0 Å². The SMILES string of the molecule is CC1(C)CS(=O)(=O)N(c2ccc(C(=O)NCc3cccnc3)cc2)C1=O. The smallest absolute Gasteiger partial charge is 0.251 e. The largest absolute Gasteiger partial charge is 0.348 e. The van der Waals surface area contributed by atoms with E-state index in [2.05, 4.69) is 10.3 Å². The van der Waals surface area contributed by atoms with Gasteiger partial charge in [0.15, 0.2) is 0 Å². The van der Waals surface area contributed by atoms with Crippen LogP contribution >= 0.6 is 0 Å². The maximum absolute atomic E-state index is 12.4. The minimum absolute atomic E-state index is 0.230. The number of rotatable bonds is 4. The van der Waals surface area contributed by atoms with Crippen LogP contribution in [0.1, 0.15) is 29.8 Å². The molecule has 1 fully saturated rings. The minimum Gasteiger partial charge on any atom is -0.348 e. The van der Waals surface area contributed by atoms with Gasteiger partial charge in [0.05, 0.1) is 16.9 Å². The van der Waals surface area contributed by atoms with Crippen molar-refractivity contribution in [2.45, 2.75) is 20.4 Å². The fourth-order valence-electron chi connectivity index (χ4n) is 2.80. The van der Waals surface area contributed by atoms with Crippen molar-refractivity contribution in [3.8, 4) is 0 Å². The summed E-state index contributed by atoms with van der Waals surface area (Å²) in [5, 5.41) is 2.76. The van der Waals surface area contributed by atoms with E-state index in [1.807, 2.05) is 6.07 Å². The molecule has 0 bridgehead atoms. The van der Waals surface area contributed by atoms with E-state index in [-0.39, 0.29) is 17.3 Å². The average molecular weight is 373 g/mol. The third kappa shape index (κ3) is 3.45. The monoisotopic (exact) mass is 373 g/mol. The molecular formula is C18H19N3O4S. The molecule has 1 aliphatic rings. The number of amides is 2. The van der Waals surface area contributed by atoms with E-state index < -0.39 is 21.3 Å². The molecule has 2 heterocycles. The number of nitrogens with one attached hydrogen (secondary N) is 1. The first kappa shape index (κ1) is 18.1. The molecule has 2 amide bonds. The Kier molecular flexibility index (Phi) is 4.53. The van der Waals surface area contributed by atoms with Crippen molar-refractivity contribution >= 4 is 27.5 Å². The first-order valence-corrected chi connectivity index (χ1v) is 9.66. The van der Waals surface area contributed by atoms with Gasteiger partial charge in [-0.3, -0.25) is 14.6 Å². The Bertz CT molecular complexity index is 938. The van der Waals surface area contributed by atoms with Gasteiger partial charge in [-0.25, -0.2) is 12.7 Å². The number of benzene rings is 1. The van der Waals surface area contributed by atoms with E-state index in [0.717, 1.165) is 9.87 Å². The van der Waals surface area contributed by atoms with Crippen LogP contribution in [-0.2, 0) is 21.4 Å². The van der Waals surface area contributed by atoms with Crippen molar-refractivity contribution in [2.24, 2.45) is 5.41 Å². The van der Waals surface area contributed by atoms with Crippen molar-refractivity contribution in [2.75, 3.05) is 10.1 Å². The maximum Gasteiger partial charge on any atom is 0.251 e. The second-order valence-electron chi connectivity index (χ2n) is 6.80. The highest BCUT2D eigenvalue weighted by Gasteiger charge is 2.49. The van der Waals surface area contributed by atoms with E-state index in [1.54, 1.807) is 32.3 Å². The van der Waals surface area contributed by atoms with Crippen molar-refractivity contribution in [3.05, 3.63) is 59.9 Å². The number of carbonyl (C=O) groups is 2. The molecule has 0 saturated carbocycles. The average Bonchev–Trinajstić information content (AvgIpc) is 2.76. The third-order valence-electron chi connectivity index (χ3n) is 4.12. The van der Waals surface area contributed by atoms with Gasteiger partial charge < -0.3 is 5.32 Å². The highest BCUT2D eigenvalue weighted by molar-refractivity contribution is 7.94. The fraction of sp³-hybridized carbons (Fsp3) is 0.278. The van der Waals surface area contributed by atoms with Crippen LogP contribution in [0.15, 0.2) is 48.8 Å². The summed E-state index contributed by atoms with van der Waals surface area (Å²) in [5.74, 6) is -0.991. The molecule has 1 aromatic carbocycles. The molecular weight excluding hydrogens is 354 g/mol. The topological polar surface area (TPSA) is 96.4 Å². The lowest BCUT2D eigenvalue weighted by molar-refractivity contribution is -0.123. The highest BCUT2D eigenvalue weighted by Crippen LogP contribution is 2.35. The number of anilines is 1. The third-order valence-corrected chi connectivity index (χ3v) is 6.14. The van der Waals surface area contributed by atoms with Crippen molar-refractivity contribution < 1.29 is 18.0 Å². The zero-order valence-electron chi connectivity index (χ0n) is 14.5. The first-order valence-electron chi connectivity index (χ1n) is 8.05. The number of hydrogen-bond donors (Lipinski definition) is 1. The van der Waals surface area contributed by atoms with Crippen LogP contribution in [0.2, 0.25) is 0 Å². The Labute approximate surface area is 152 Å². The minimum atomic E-state index is -3.70. The zero-order valence-corrected chi connectivity index (χ0v) is 15.3. The van der Waals surface area contributed by atoms with Gasteiger partial charge in [-0.15, -0.1) is 0 Å². The molecule has 0 radical (unpaired) electrons. The Morgan fingerprint density at radius 1 is 1.23 bits per heavy atom. The van der Waals surface area contributed by atoms with E-state index in [9.17, 15) is 18.0 Å². The molecule has 1 saturated heterocycles. The van der Waals surface area contributed by atoms with E-state index in [1.165, 1.54) is 24.3 Å². The van der Waals surface area contributed by atoms with Gasteiger partial charge in [0.25, 0.3) is 5.91 Å². The number of nitrogens with zero attached hydrogens (tertiary/aromatic N) is 2. The molecule has 1 aliphatic heterocycles. The predicted molar refractivity (Wildman–Crippen MR) is 96.9 cm³/mol. The van der Waals surface area contributed by atoms with Crippen LogP contribution in [0.3, 0.4) is 0 Å². The summed E-state index contributed by atoms with van der Waals surface area (Å²) in [5.41, 5.74) is 0.525. The zero-order chi connectivity index (χ0) is 18.9. The maximum atomic E-state index is 12.4. The molecule has 136 valence electrons. The van der Waals surface area contributed by atoms with E-state index in [0.29, 0.717) is 12.1 Å². The van der Waals surface area contributed by atoms with Crippen molar-refractivity contribution in [1.82, 2.24) is 10.3 Å². The Morgan fingerprint density at radius 2 is 1.92 bits per heavy atom. The molecule has 26 heavy (non-hydrogen) atoms. The number of hydrogen-bond acceptors (Lipinski definition) is 5. The summed E-state index contributed by atoms with van der Waals surface area (Å²) in [6.07, 6.45) is 3.31. The summed E-state index contributed by atoms with van der Waals surface area (Å²) in [6.45, 7) is 3.54. The molecule has 0 spiro atoms. The quantitative estimate of drug-likeness (QED) is 0.880. The summed E-state index contributed by atoms with van der Waals surface area (Å²) in [6, 6.07) is 9.57. The Morgan fingerprint density at radius 3 is 2.46 bits per heavy atom. The predicted octanol–water partition coefficient (Wildman–Crippen LogP) is 1.71. The molecule has 8 heteroatoms. The lowest BCUT2D eigenvalue weighted by Crippen LogP contribution is -2.33. The summed E-state index contributed by atoms with van der Waals surface area (Å²) < 4.78 is 25.4. The molecule has 3 rings (SSSR count). The Hall–Kier alpha value is -2.74. The second-order valence-corrected chi connectivity index (χ2v) is 8.62. The van der Waals surface area contributed by atoms with Gasteiger partial charge in [0, 0.05) is 24.5 Å². The van der Waals surface area contributed by atoms with Crippen LogP contribution < -0.4 is 9.62 Å². The van der Waals surface area contributed by atoms with Crippen molar-refractivity contribution in [3.63, 3.8) is 0 Å². The molecule has 7 nitrogen and oxygen atoms in total. The first-order chi connectivity index (χ1) is 12.2. The van der Waals surface area contributed by atoms with Gasteiger partial charge in [0.1, 0.15) is 0 Å². The van der Waals surface area contributed by atoms with Crippen LogP contribution in [-0.4, -0.2) is 31.0 Å². The van der Waals surface area contributed by atoms with Crippen LogP contribution in [0.25, 0.3) is 0 Å². The van der Waals surface area contributed by atoms with Crippen LogP contribution in [0.5, 0.6) is 0 Å². The number of sulfonamides is 1.